The molecule has 0 spiro atoms. The van der Waals surface area contributed by atoms with Crippen LogP contribution in [0.4, 0.5) is 18.9 Å². The average Bonchev–Trinajstić information content (AvgIpc) is 3.21. The van der Waals surface area contributed by atoms with Crippen molar-refractivity contribution in [1.29, 1.82) is 0 Å². The number of benzene rings is 2. The Balaban J connectivity index is 1.61. The number of oxime groups is 1. The first-order valence-electron chi connectivity index (χ1n) is 9.28. The lowest BCUT2D eigenvalue weighted by atomic mass is 9.86. The number of pyridine rings is 1. The standard InChI is InChI=1S/C22H14Cl2F3N3O2/c23-16-8-15(9-17(24)10-16)21(22(25,26)27)11-19(30-32-21)13-3-1-5-18(7-13)29-20(31)14-4-2-6-28-12-14/h1-10,12H,11H2,(H,29,31). The van der Waals surface area contributed by atoms with E-state index < -0.39 is 24.1 Å². The highest BCUT2D eigenvalue weighted by Gasteiger charge is 2.62. The maximum absolute atomic E-state index is 14.1. The smallest absolute Gasteiger partial charge is 0.374 e. The molecule has 0 fully saturated rings. The zero-order chi connectivity index (χ0) is 22.9. The molecule has 0 radical (unpaired) electrons. The third-order valence-electron chi connectivity index (χ3n) is 4.89. The van der Waals surface area contributed by atoms with Crippen LogP contribution in [0.25, 0.3) is 0 Å². The summed E-state index contributed by atoms with van der Waals surface area (Å²) >= 11 is 11.8. The molecule has 10 heteroatoms. The van der Waals surface area contributed by atoms with Crippen LogP contribution in [0.1, 0.15) is 27.9 Å². The van der Waals surface area contributed by atoms with Gasteiger partial charge in [-0.25, -0.2) is 0 Å². The summed E-state index contributed by atoms with van der Waals surface area (Å²) in [5, 5.41) is 6.51. The molecule has 32 heavy (non-hydrogen) atoms. The number of amides is 1. The summed E-state index contributed by atoms with van der Waals surface area (Å²) in [4.78, 5) is 21.2. The summed E-state index contributed by atoms with van der Waals surface area (Å²) in [5.74, 6) is -0.405. The van der Waals surface area contributed by atoms with Gasteiger partial charge >= 0.3 is 6.18 Å². The Bertz CT molecular complexity index is 1180. The molecule has 1 atom stereocenters. The minimum absolute atomic E-state index is 0.0493. The number of hydrogen-bond donors (Lipinski definition) is 1. The van der Waals surface area contributed by atoms with Gasteiger partial charge in [-0.1, -0.05) is 40.5 Å². The van der Waals surface area contributed by atoms with Crippen molar-refractivity contribution in [3.63, 3.8) is 0 Å². The Hall–Kier alpha value is -3.10. The van der Waals surface area contributed by atoms with Crippen LogP contribution in [0.5, 0.6) is 0 Å². The van der Waals surface area contributed by atoms with E-state index in [0.717, 1.165) is 12.1 Å². The van der Waals surface area contributed by atoms with Crippen LogP contribution in [0.15, 0.2) is 72.1 Å². The summed E-state index contributed by atoms with van der Waals surface area (Å²) in [6.45, 7) is 0. The van der Waals surface area contributed by atoms with Crippen LogP contribution in [0.2, 0.25) is 10.0 Å². The van der Waals surface area contributed by atoms with Crippen molar-refractivity contribution in [3.8, 4) is 0 Å². The van der Waals surface area contributed by atoms with E-state index in [-0.39, 0.29) is 21.3 Å². The lowest BCUT2D eigenvalue weighted by Crippen LogP contribution is -2.42. The maximum atomic E-state index is 14.1. The normalized spacial score (nSPS) is 18.1. The van der Waals surface area contributed by atoms with E-state index in [1.54, 1.807) is 30.3 Å². The van der Waals surface area contributed by atoms with E-state index in [1.807, 2.05) is 0 Å². The van der Waals surface area contributed by atoms with Crippen molar-refractivity contribution < 1.29 is 22.8 Å². The third-order valence-corrected chi connectivity index (χ3v) is 5.33. The second-order valence-corrected chi connectivity index (χ2v) is 7.94. The number of carbonyl (C=O) groups excluding carboxylic acids is 1. The maximum Gasteiger partial charge on any atom is 0.435 e. The Morgan fingerprint density at radius 1 is 1.06 bits per heavy atom. The Morgan fingerprint density at radius 2 is 1.81 bits per heavy atom. The molecule has 0 saturated carbocycles. The molecule has 1 aliphatic rings. The Labute approximate surface area is 190 Å². The van der Waals surface area contributed by atoms with Gasteiger partial charge in [0.2, 0.25) is 0 Å². The van der Waals surface area contributed by atoms with Crippen molar-refractivity contribution in [2.45, 2.75) is 18.2 Å². The van der Waals surface area contributed by atoms with E-state index in [4.69, 9.17) is 28.0 Å². The van der Waals surface area contributed by atoms with Gasteiger partial charge < -0.3 is 10.2 Å². The van der Waals surface area contributed by atoms with Gasteiger partial charge in [-0.15, -0.1) is 0 Å². The lowest BCUT2D eigenvalue weighted by molar-refractivity contribution is -0.275. The summed E-state index contributed by atoms with van der Waals surface area (Å²) < 4.78 is 42.4. The highest BCUT2D eigenvalue weighted by molar-refractivity contribution is 6.34. The predicted molar refractivity (Wildman–Crippen MR) is 115 cm³/mol. The van der Waals surface area contributed by atoms with Gasteiger partial charge in [0.15, 0.2) is 0 Å². The van der Waals surface area contributed by atoms with Gasteiger partial charge in [0.25, 0.3) is 11.5 Å². The summed E-state index contributed by atoms with van der Waals surface area (Å²) in [6, 6.07) is 13.2. The minimum atomic E-state index is -4.79. The van der Waals surface area contributed by atoms with Gasteiger partial charge in [-0.3, -0.25) is 9.78 Å². The molecule has 1 amide bonds. The molecule has 2 heterocycles. The minimum Gasteiger partial charge on any atom is -0.374 e. The van der Waals surface area contributed by atoms with E-state index in [9.17, 15) is 18.0 Å². The number of carbonyl (C=O) groups is 1. The van der Waals surface area contributed by atoms with Crippen LogP contribution in [-0.4, -0.2) is 22.8 Å². The predicted octanol–water partition coefficient (Wildman–Crippen LogP) is 6.22. The highest BCUT2D eigenvalue weighted by Crippen LogP contribution is 2.49. The first-order valence-corrected chi connectivity index (χ1v) is 10.0. The van der Waals surface area contributed by atoms with Gasteiger partial charge in [0, 0.05) is 45.7 Å². The second-order valence-electron chi connectivity index (χ2n) is 7.07. The number of nitrogens with zero attached hydrogens (tertiary/aromatic N) is 2. The molecule has 1 aromatic heterocycles. The fraction of sp³-hybridized carbons (Fsp3) is 0.136. The Morgan fingerprint density at radius 3 is 2.47 bits per heavy atom. The molecule has 3 aromatic rings. The van der Waals surface area contributed by atoms with Crippen LogP contribution >= 0.6 is 23.2 Å². The number of anilines is 1. The quantitative estimate of drug-likeness (QED) is 0.482. The third kappa shape index (κ3) is 4.28. The zero-order valence-electron chi connectivity index (χ0n) is 16.2. The molecule has 0 aliphatic carbocycles. The molecule has 5 nitrogen and oxygen atoms in total. The first-order chi connectivity index (χ1) is 15.2. The largest absolute Gasteiger partial charge is 0.435 e. The molecule has 0 saturated heterocycles. The fourth-order valence-electron chi connectivity index (χ4n) is 3.32. The average molecular weight is 480 g/mol. The molecule has 1 unspecified atom stereocenters. The molecular weight excluding hydrogens is 466 g/mol. The molecule has 164 valence electrons. The van der Waals surface area contributed by atoms with Gasteiger partial charge in [-0.2, -0.15) is 13.2 Å². The SMILES string of the molecule is O=C(Nc1cccc(C2=NOC(c3cc(Cl)cc(Cl)c3)(C(F)(F)F)C2)c1)c1cccnc1. The van der Waals surface area contributed by atoms with E-state index >= 15 is 0 Å². The van der Waals surface area contributed by atoms with E-state index in [2.05, 4.69) is 15.5 Å². The highest BCUT2D eigenvalue weighted by atomic mass is 35.5. The second kappa shape index (κ2) is 8.44. The van der Waals surface area contributed by atoms with Crippen molar-refractivity contribution in [3.05, 3.63) is 93.7 Å². The monoisotopic (exact) mass is 479 g/mol. The fourth-order valence-corrected chi connectivity index (χ4v) is 3.85. The van der Waals surface area contributed by atoms with Crippen molar-refractivity contribution in [2.75, 3.05) is 5.32 Å². The zero-order valence-corrected chi connectivity index (χ0v) is 17.7. The molecule has 1 N–H and O–H groups in total. The number of nitrogens with one attached hydrogen (secondary N) is 1. The van der Waals surface area contributed by atoms with Crippen LogP contribution in [0.3, 0.4) is 0 Å². The number of hydrogen-bond acceptors (Lipinski definition) is 4. The molecule has 0 bridgehead atoms. The first kappa shape index (κ1) is 22.1. The number of rotatable bonds is 4. The van der Waals surface area contributed by atoms with Crippen molar-refractivity contribution >= 4 is 40.5 Å². The van der Waals surface area contributed by atoms with Gasteiger partial charge in [0.05, 0.1) is 11.3 Å². The number of aromatic nitrogens is 1. The molecular formula is C22H14Cl2F3N3O2. The number of halogens is 5. The van der Waals surface area contributed by atoms with E-state index in [1.165, 1.54) is 24.5 Å². The van der Waals surface area contributed by atoms with Crippen LogP contribution in [-0.2, 0) is 10.4 Å². The summed E-state index contributed by atoms with van der Waals surface area (Å²) in [6.07, 6.45) is -2.44. The topological polar surface area (TPSA) is 63.6 Å². The van der Waals surface area contributed by atoms with Gasteiger partial charge in [-0.05, 0) is 42.5 Å². The van der Waals surface area contributed by atoms with Crippen LogP contribution < -0.4 is 5.32 Å². The number of alkyl halides is 3. The van der Waals surface area contributed by atoms with E-state index in [0.29, 0.717) is 16.8 Å². The molecule has 1 aliphatic heterocycles. The Kier molecular flexibility index (Phi) is 5.83. The lowest BCUT2D eigenvalue weighted by Gasteiger charge is -2.29. The molecule has 2 aromatic carbocycles. The van der Waals surface area contributed by atoms with Crippen LogP contribution in [0, 0.1) is 0 Å². The van der Waals surface area contributed by atoms with Gasteiger partial charge in [0.1, 0.15) is 0 Å². The van der Waals surface area contributed by atoms with Crippen molar-refractivity contribution in [2.24, 2.45) is 5.16 Å². The summed E-state index contributed by atoms with van der Waals surface area (Å²) in [7, 11) is 0. The molecule has 4 rings (SSSR count). The summed E-state index contributed by atoms with van der Waals surface area (Å²) in [5.41, 5.74) is -1.82. The van der Waals surface area contributed by atoms with Crippen molar-refractivity contribution in [1.82, 2.24) is 4.98 Å².